The van der Waals surface area contributed by atoms with Crippen LogP contribution in [0, 0.1) is 5.92 Å². The largest absolute Gasteiger partial charge is 0.493 e. The molecule has 0 saturated heterocycles. The first kappa shape index (κ1) is 27.4. The van der Waals surface area contributed by atoms with E-state index in [9.17, 15) is 24.6 Å². The van der Waals surface area contributed by atoms with Crippen molar-refractivity contribution in [3.05, 3.63) is 46.6 Å². The highest BCUT2D eigenvalue weighted by molar-refractivity contribution is 5.97. The smallest absolute Gasteiger partial charge is 0.247 e. The van der Waals surface area contributed by atoms with Crippen molar-refractivity contribution in [3.8, 4) is 11.5 Å². The number of carbonyl (C=O) groups excluding carboxylic acids is 3. The standard InChI is InChI=1S/C27H36N2O7/c1-15(2)6-8-29(22(32)10-16(3)4)20-13-19(27(34)28-7-9-30)23-18-11-17(14-31)12-21(35-5)25(18)36-26(23)24(20)33/h10-15,20,23-24,26,30,33H,6-9H2,1-5H3,(H,28,34)/t20-,23+,24+,26+/m1/s1. The first-order valence-electron chi connectivity index (χ1n) is 12.2. The molecule has 1 aliphatic heterocycles. The number of fused-ring (bicyclic) bond motifs is 3. The third-order valence-electron chi connectivity index (χ3n) is 6.41. The number of hydrogen-bond acceptors (Lipinski definition) is 7. The molecule has 0 fully saturated rings. The van der Waals surface area contributed by atoms with E-state index in [1.807, 2.05) is 27.7 Å². The van der Waals surface area contributed by atoms with Crippen LogP contribution < -0.4 is 14.8 Å². The molecule has 2 aliphatic rings. The molecule has 0 saturated carbocycles. The lowest BCUT2D eigenvalue weighted by atomic mass is 9.77. The number of ether oxygens (including phenoxy) is 2. The van der Waals surface area contributed by atoms with Crippen molar-refractivity contribution >= 4 is 18.1 Å². The van der Waals surface area contributed by atoms with Crippen LogP contribution in [0.25, 0.3) is 0 Å². The van der Waals surface area contributed by atoms with Gasteiger partial charge in [0, 0.05) is 35.9 Å². The predicted molar refractivity (Wildman–Crippen MR) is 134 cm³/mol. The first-order valence-corrected chi connectivity index (χ1v) is 12.2. The highest BCUT2D eigenvalue weighted by Gasteiger charge is 2.51. The molecule has 0 spiro atoms. The Morgan fingerprint density at radius 2 is 2.00 bits per heavy atom. The van der Waals surface area contributed by atoms with Crippen LogP contribution in [-0.4, -0.2) is 78.3 Å². The number of hydrogen-bond donors (Lipinski definition) is 3. The summed E-state index contributed by atoms with van der Waals surface area (Å²) in [4.78, 5) is 39.6. The number of aliphatic hydroxyl groups is 2. The molecular weight excluding hydrogens is 464 g/mol. The number of amides is 2. The van der Waals surface area contributed by atoms with Gasteiger partial charge in [-0.2, -0.15) is 0 Å². The molecule has 9 nitrogen and oxygen atoms in total. The van der Waals surface area contributed by atoms with E-state index in [0.29, 0.717) is 53.4 Å². The topological polar surface area (TPSA) is 125 Å². The van der Waals surface area contributed by atoms with Gasteiger partial charge in [0.1, 0.15) is 18.5 Å². The summed E-state index contributed by atoms with van der Waals surface area (Å²) in [6, 6.07) is 2.34. The highest BCUT2D eigenvalue weighted by atomic mass is 16.5. The van der Waals surface area contributed by atoms with Gasteiger partial charge in [-0.25, -0.2) is 0 Å². The summed E-state index contributed by atoms with van der Waals surface area (Å²) in [5.41, 5.74) is 2.01. The Hall–Kier alpha value is -3.17. The summed E-state index contributed by atoms with van der Waals surface area (Å²) in [7, 11) is 1.45. The highest BCUT2D eigenvalue weighted by Crippen LogP contribution is 2.51. The number of allylic oxidation sites excluding steroid dienone is 1. The summed E-state index contributed by atoms with van der Waals surface area (Å²) in [5, 5.41) is 23.5. The zero-order chi connectivity index (χ0) is 26.6. The molecule has 1 heterocycles. The number of aldehydes is 1. The molecule has 9 heteroatoms. The van der Waals surface area contributed by atoms with Crippen LogP contribution in [0.1, 0.15) is 56.0 Å². The number of benzene rings is 1. The van der Waals surface area contributed by atoms with Crippen molar-refractivity contribution in [1.82, 2.24) is 10.2 Å². The molecule has 1 aromatic carbocycles. The van der Waals surface area contributed by atoms with Crippen LogP contribution in [0.15, 0.2) is 35.4 Å². The maximum atomic E-state index is 13.3. The summed E-state index contributed by atoms with van der Waals surface area (Å²) >= 11 is 0. The van der Waals surface area contributed by atoms with E-state index in [0.717, 1.165) is 5.57 Å². The monoisotopic (exact) mass is 500 g/mol. The van der Waals surface area contributed by atoms with Crippen LogP contribution in [0.3, 0.4) is 0 Å². The lowest BCUT2D eigenvalue weighted by molar-refractivity contribution is -0.132. The molecule has 2 amide bonds. The Morgan fingerprint density at radius 1 is 1.28 bits per heavy atom. The van der Waals surface area contributed by atoms with Gasteiger partial charge in [0.25, 0.3) is 0 Å². The molecule has 3 N–H and O–H groups in total. The SMILES string of the molecule is COc1cc(C=O)cc2c1O[C@@H]1[C@@H](O)[C@H](N(CCC(C)C)C(=O)C=C(C)C)C=C(C(=O)NCCO)[C@H]21. The fourth-order valence-electron chi connectivity index (χ4n) is 4.69. The van der Waals surface area contributed by atoms with Gasteiger partial charge >= 0.3 is 0 Å². The molecule has 0 bridgehead atoms. The lowest BCUT2D eigenvalue weighted by Crippen LogP contribution is -2.55. The molecule has 0 aromatic heterocycles. The van der Waals surface area contributed by atoms with Gasteiger partial charge in [-0.15, -0.1) is 0 Å². The van der Waals surface area contributed by atoms with Gasteiger partial charge in [-0.1, -0.05) is 19.4 Å². The fraction of sp³-hybridized carbons (Fsp3) is 0.519. The first-order chi connectivity index (χ1) is 17.1. The van der Waals surface area contributed by atoms with E-state index >= 15 is 0 Å². The van der Waals surface area contributed by atoms with Crippen LogP contribution in [0.5, 0.6) is 11.5 Å². The maximum absolute atomic E-state index is 13.3. The zero-order valence-electron chi connectivity index (χ0n) is 21.5. The van der Waals surface area contributed by atoms with E-state index < -0.39 is 30.1 Å². The minimum absolute atomic E-state index is 0.0416. The van der Waals surface area contributed by atoms with Crippen molar-refractivity contribution in [2.75, 3.05) is 26.8 Å². The molecular formula is C27H36N2O7. The van der Waals surface area contributed by atoms with E-state index in [1.165, 1.54) is 19.3 Å². The minimum atomic E-state index is -1.15. The molecule has 36 heavy (non-hydrogen) atoms. The van der Waals surface area contributed by atoms with Gasteiger partial charge in [0.15, 0.2) is 11.5 Å². The minimum Gasteiger partial charge on any atom is -0.493 e. The molecule has 3 rings (SSSR count). The van der Waals surface area contributed by atoms with Crippen molar-refractivity contribution in [2.24, 2.45) is 5.92 Å². The van der Waals surface area contributed by atoms with Crippen molar-refractivity contribution in [2.45, 2.75) is 58.3 Å². The Bertz CT molecular complexity index is 1060. The maximum Gasteiger partial charge on any atom is 0.247 e. The molecule has 1 aromatic rings. The molecule has 0 radical (unpaired) electrons. The van der Waals surface area contributed by atoms with Crippen LogP contribution in [-0.2, 0) is 9.59 Å². The molecule has 4 atom stereocenters. The Kier molecular flexibility index (Phi) is 8.92. The number of nitrogens with one attached hydrogen (secondary N) is 1. The third kappa shape index (κ3) is 5.63. The van der Waals surface area contributed by atoms with Gasteiger partial charge in [-0.05, 0) is 44.4 Å². The lowest BCUT2D eigenvalue weighted by Gasteiger charge is -2.40. The molecule has 196 valence electrons. The van der Waals surface area contributed by atoms with Crippen LogP contribution in [0.4, 0.5) is 0 Å². The van der Waals surface area contributed by atoms with Gasteiger partial charge in [0.05, 0.1) is 25.7 Å². The quantitative estimate of drug-likeness (QED) is 0.331. The average Bonchev–Trinajstić information content (AvgIpc) is 3.22. The second-order valence-electron chi connectivity index (χ2n) is 9.84. The molecule has 1 aliphatic carbocycles. The molecule has 0 unspecified atom stereocenters. The van der Waals surface area contributed by atoms with Crippen LogP contribution >= 0.6 is 0 Å². The zero-order valence-corrected chi connectivity index (χ0v) is 21.5. The number of methoxy groups -OCH3 is 1. The van der Waals surface area contributed by atoms with E-state index in [1.54, 1.807) is 17.0 Å². The number of aliphatic hydroxyl groups excluding tert-OH is 2. The summed E-state index contributed by atoms with van der Waals surface area (Å²) in [6.45, 7) is 7.93. The van der Waals surface area contributed by atoms with E-state index in [2.05, 4.69) is 5.32 Å². The van der Waals surface area contributed by atoms with E-state index in [4.69, 9.17) is 9.47 Å². The average molecular weight is 501 g/mol. The third-order valence-corrected chi connectivity index (χ3v) is 6.41. The van der Waals surface area contributed by atoms with Crippen LogP contribution in [0.2, 0.25) is 0 Å². The van der Waals surface area contributed by atoms with Gasteiger partial charge < -0.3 is 29.9 Å². The number of carbonyl (C=O) groups is 3. The fourth-order valence-corrected chi connectivity index (χ4v) is 4.69. The van der Waals surface area contributed by atoms with E-state index in [-0.39, 0.29) is 19.1 Å². The summed E-state index contributed by atoms with van der Waals surface area (Å²) < 4.78 is 11.6. The van der Waals surface area contributed by atoms with Crippen molar-refractivity contribution < 1.29 is 34.1 Å². The predicted octanol–water partition coefficient (Wildman–Crippen LogP) is 1.97. The summed E-state index contributed by atoms with van der Waals surface area (Å²) in [6.07, 6.45) is 2.48. The van der Waals surface area contributed by atoms with Gasteiger partial charge in [0.2, 0.25) is 11.8 Å². The normalized spacial score (nSPS) is 22.1. The summed E-state index contributed by atoms with van der Waals surface area (Å²) in [5.74, 6) is -0.413. The second kappa shape index (κ2) is 11.7. The van der Waals surface area contributed by atoms with Crippen molar-refractivity contribution in [1.29, 1.82) is 0 Å². The Morgan fingerprint density at radius 3 is 2.58 bits per heavy atom. The van der Waals surface area contributed by atoms with Gasteiger partial charge in [-0.3, -0.25) is 14.4 Å². The Labute approximate surface area is 211 Å². The number of rotatable bonds is 10. The van der Waals surface area contributed by atoms with Crippen molar-refractivity contribution in [3.63, 3.8) is 0 Å². The Balaban J connectivity index is 2.14. The second-order valence-corrected chi connectivity index (χ2v) is 9.84. The number of nitrogens with zero attached hydrogens (tertiary/aromatic N) is 1.